The number of benzene rings is 3. The number of rotatable bonds is 12. The lowest BCUT2D eigenvalue weighted by Crippen LogP contribution is -2.53. The number of hydrogen-bond acceptors (Lipinski definition) is 4. The minimum absolute atomic E-state index is 0.113. The van der Waals surface area contributed by atoms with Crippen molar-refractivity contribution in [3.05, 3.63) is 101 Å². The summed E-state index contributed by atoms with van der Waals surface area (Å²) in [6, 6.07) is 15.8. The van der Waals surface area contributed by atoms with E-state index in [4.69, 9.17) is 0 Å². The summed E-state index contributed by atoms with van der Waals surface area (Å²) in [7, 11) is -4.13. The van der Waals surface area contributed by atoms with Crippen molar-refractivity contribution in [1.82, 2.24) is 10.2 Å². The minimum Gasteiger partial charge on any atom is -0.354 e. The number of halogens is 3. The maximum atomic E-state index is 14.0. The summed E-state index contributed by atoms with van der Waals surface area (Å²) >= 11 is 0. The molecule has 0 unspecified atom stereocenters. The van der Waals surface area contributed by atoms with Crippen LogP contribution in [0.3, 0.4) is 0 Å². The highest BCUT2D eigenvalue weighted by atomic mass is 32.2. The quantitative estimate of drug-likeness (QED) is 0.349. The van der Waals surface area contributed by atoms with Gasteiger partial charge in [-0.1, -0.05) is 56.3 Å². The molecule has 0 aliphatic heterocycles. The lowest BCUT2D eigenvalue weighted by molar-refractivity contribution is -0.140. The summed E-state index contributed by atoms with van der Waals surface area (Å²) in [5.41, 5.74) is 1.01. The predicted octanol–water partition coefficient (Wildman–Crippen LogP) is 4.28. The van der Waals surface area contributed by atoms with E-state index in [9.17, 15) is 31.2 Å². The van der Waals surface area contributed by atoms with Crippen molar-refractivity contribution in [2.45, 2.75) is 32.9 Å². The number of amides is 2. The number of nitrogens with zero attached hydrogens (tertiary/aromatic N) is 2. The smallest absolute Gasteiger partial charge is 0.244 e. The van der Waals surface area contributed by atoms with Gasteiger partial charge in [0.05, 0.1) is 11.9 Å². The number of sulfonamides is 1. The molecule has 2 amide bonds. The molecule has 0 saturated carbocycles. The van der Waals surface area contributed by atoms with Gasteiger partial charge in [-0.15, -0.1) is 0 Å². The van der Waals surface area contributed by atoms with E-state index >= 15 is 0 Å². The highest BCUT2D eigenvalue weighted by Gasteiger charge is 2.33. The third kappa shape index (κ3) is 8.57. The van der Waals surface area contributed by atoms with E-state index in [-0.39, 0.29) is 24.6 Å². The Kier molecular flexibility index (Phi) is 10.3. The Morgan fingerprint density at radius 3 is 2.10 bits per heavy atom. The molecule has 0 aromatic heterocycles. The molecular weight excluding hydrogens is 543 g/mol. The fraction of sp³-hybridized carbons (Fsp3) is 0.310. The normalized spacial score (nSPS) is 12.2. The molecule has 0 aliphatic rings. The molecular formula is C29H32F3N3O4S. The first-order valence-electron chi connectivity index (χ1n) is 12.6. The largest absolute Gasteiger partial charge is 0.354 e. The van der Waals surface area contributed by atoms with Crippen molar-refractivity contribution in [1.29, 1.82) is 0 Å². The van der Waals surface area contributed by atoms with Crippen molar-refractivity contribution in [3.63, 3.8) is 0 Å². The molecule has 11 heteroatoms. The van der Waals surface area contributed by atoms with Crippen LogP contribution in [0, 0.1) is 23.4 Å². The molecule has 40 heavy (non-hydrogen) atoms. The maximum Gasteiger partial charge on any atom is 0.244 e. The standard InChI is InChI=1S/C29H32F3N3O4S/c1-20(2)17-33-29(37)27(15-21-7-5-4-6-8-21)34(18-22-9-11-23(30)12-10-22)28(36)19-35(40(3,38)39)24-13-14-25(31)26(32)16-24/h4-14,16,20,27H,15,17-19H2,1-3H3,(H,33,37)/t27-/m1/s1. The molecule has 0 bridgehead atoms. The first-order chi connectivity index (χ1) is 18.8. The van der Waals surface area contributed by atoms with Crippen LogP contribution in [0.5, 0.6) is 0 Å². The summed E-state index contributed by atoms with van der Waals surface area (Å²) in [6.45, 7) is 3.25. The van der Waals surface area contributed by atoms with Crippen LogP contribution in [0.15, 0.2) is 72.8 Å². The van der Waals surface area contributed by atoms with Gasteiger partial charge in [-0.3, -0.25) is 13.9 Å². The van der Waals surface area contributed by atoms with E-state index in [1.807, 2.05) is 19.9 Å². The summed E-state index contributed by atoms with van der Waals surface area (Å²) in [5, 5.41) is 2.85. The topological polar surface area (TPSA) is 86.8 Å². The molecule has 3 aromatic carbocycles. The lowest BCUT2D eigenvalue weighted by Gasteiger charge is -2.33. The molecule has 0 spiro atoms. The van der Waals surface area contributed by atoms with Crippen LogP contribution in [0.2, 0.25) is 0 Å². The average molecular weight is 576 g/mol. The summed E-state index contributed by atoms with van der Waals surface area (Å²) < 4.78 is 67.2. The third-order valence-corrected chi connectivity index (χ3v) is 7.23. The zero-order chi connectivity index (χ0) is 29.4. The van der Waals surface area contributed by atoms with Crippen LogP contribution in [-0.4, -0.2) is 50.5 Å². The van der Waals surface area contributed by atoms with E-state index in [0.29, 0.717) is 22.5 Å². The highest BCUT2D eigenvalue weighted by molar-refractivity contribution is 7.92. The van der Waals surface area contributed by atoms with E-state index in [0.717, 1.165) is 24.0 Å². The molecule has 0 radical (unpaired) electrons. The zero-order valence-electron chi connectivity index (χ0n) is 22.5. The van der Waals surface area contributed by atoms with Gasteiger partial charge in [0.2, 0.25) is 21.8 Å². The van der Waals surface area contributed by atoms with Crippen LogP contribution in [0.25, 0.3) is 0 Å². The van der Waals surface area contributed by atoms with Crippen LogP contribution >= 0.6 is 0 Å². The van der Waals surface area contributed by atoms with Gasteiger partial charge in [0.15, 0.2) is 11.6 Å². The van der Waals surface area contributed by atoms with Crippen LogP contribution in [-0.2, 0) is 32.6 Å². The second-order valence-corrected chi connectivity index (χ2v) is 11.8. The fourth-order valence-electron chi connectivity index (χ4n) is 4.02. The van der Waals surface area contributed by atoms with Crippen molar-refractivity contribution in [2.75, 3.05) is 23.7 Å². The van der Waals surface area contributed by atoms with Gasteiger partial charge in [0, 0.05) is 25.6 Å². The van der Waals surface area contributed by atoms with Crippen LogP contribution in [0.1, 0.15) is 25.0 Å². The van der Waals surface area contributed by atoms with Crippen molar-refractivity contribution < 1.29 is 31.2 Å². The fourth-order valence-corrected chi connectivity index (χ4v) is 4.86. The summed E-state index contributed by atoms with van der Waals surface area (Å²) in [6.07, 6.45) is 0.949. The third-order valence-electron chi connectivity index (χ3n) is 6.09. The van der Waals surface area contributed by atoms with Crippen molar-refractivity contribution in [2.24, 2.45) is 5.92 Å². The van der Waals surface area contributed by atoms with Crippen molar-refractivity contribution in [3.8, 4) is 0 Å². The monoisotopic (exact) mass is 575 g/mol. The SMILES string of the molecule is CC(C)CNC(=O)[C@@H](Cc1ccccc1)N(Cc1ccc(F)cc1)C(=O)CN(c1ccc(F)c(F)c1)S(C)(=O)=O. The van der Waals surface area contributed by atoms with Crippen LogP contribution < -0.4 is 9.62 Å². The molecule has 7 nitrogen and oxygen atoms in total. The molecule has 0 heterocycles. The Labute approximate surface area is 232 Å². The summed E-state index contributed by atoms with van der Waals surface area (Å²) in [5.74, 6) is -4.04. The maximum absolute atomic E-state index is 14.0. The van der Waals surface area contributed by atoms with Gasteiger partial charge >= 0.3 is 0 Å². The van der Waals surface area contributed by atoms with E-state index in [2.05, 4.69) is 5.32 Å². The number of carbonyl (C=O) groups is 2. The Balaban J connectivity index is 2.05. The predicted molar refractivity (Wildman–Crippen MR) is 147 cm³/mol. The summed E-state index contributed by atoms with van der Waals surface area (Å²) in [4.78, 5) is 28.6. The Morgan fingerprint density at radius 1 is 0.875 bits per heavy atom. The van der Waals surface area contributed by atoms with Gasteiger partial charge in [-0.25, -0.2) is 21.6 Å². The molecule has 3 aromatic rings. The van der Waals surface area contributed by atoms with E-state index < -0.39 is 51.9 Å². The van der Waals surface area contributed by atoms with Gasteiger partial charge in [-0.2, -0.15) is 0 Å². The molecule has 0 saturated heterocycles. The Bertz CT molecular complexity index is 1420. The second-order valence-electron chi connectivity index (χ2n) is 9.86. The lowest BCUT2D eigenvalue weighted by atomic mass is 10.0. The number of hydrogen-bond donors (Lipinski definition) is 1. The average Bonchev–Trinajstić information content (AvgIpc) is 2.90. The number of anilines is 1. The molecule has 214 valence electrons. The molecule has 0 aliphatic carbocycles. The Hall–Kier alpha value is -3.86. The molecule has 1 N–H and O–H groups in total. The minimum atomic E-state index is -4.13. The Morgan fingerprint density at radius 2 is 1.52 bits per heavy atom. The first-order valence-corrected chi connectivity index (χ1v) is 14.5. The first kappa shape index (κ1) is 30.7. The molecule has 0 fully saturated rings. The van der Waals surface area contributed by atoms with E-state index in [1.54, 1.807) is 24.3 Å². The highest BCUT2D eigenvalue weighted by Crippen LogP contribution is 2.22. The molecule has 1 atom stereocenters. The van der Waals surface area contributed by atoms with E-state index in [1.165, 1.54) is 29.2 Å². The van der Waals surface area contributed by atoms with Crippen LogP contribution in [0.4, 0.5) is 18.9 Å². The van der Waals surface area contributed by atoms with Crippen molar-refractivity contribution >= 4 is 27.5 Å². The van der Waals surface area contributed by atoms with Gasteiger partial charge < -0.3 is 10.2 Å². The van der Waals surface area contributed by atoms with Gasteiger partial charge in [0.1, 0.15) is 18.4 Å². The van der Waals surface area contributed by atoms with Gasteiger partial charge in [0.25, 0.3) is 0 Å². The number of nitrogens with one attached hydrogen (secondary N) is 1. The molecule has 3 rings (SSSR count). The number of carbonyl (C=O) groups excluding carboxylic acids is 2. The zero-order valence-corrected chi connectivity index (χ0v) is 23.3. The second kappa shape index (κ2) is 13.5. The van der Waals surface area contributed by atoms with Gasteiger partial charge in [-0.05, 0) is 41.3 Å².